The van der Waals surface area contributed by atoms with Crippen molar-refractivity contribution in [1.82, 2.24) is 39.6 Å². The molecule has 4 fully saturated rings. The van der Waals surface area contributed by atoms with Crippen LogP contribution in [0.5, 0.6) is 5.88 Å². The molecule has 15 rings (SSSR count). The first-order valence-corrected chi connectivity index (χ1v) is 44.8. The largest absolute Gasteiger partial charge is 0.473 e. The van der Waals surface area contributed by atoms with Gasteiger partial charge in [0.15, 0.2) is 28.9 Å². The predicted molar refractivity (Wildman–Crippen MR) is 510 cm³/mol. The normalized spacial score (nSPS) is 15.3. The summed E-state index contributed by atoms with van der Waals surface area (Å²) in [6.45, 7) is 35.2. The highest BCUT2D eigenvalue weighted by Crippen LogP contribution is 2.34. The third-order valence-electron chi connectivity index (χ3n) is 20.5. The molecule has 30 nitrogen and oxygen atoms in total. The lowest BCUT2D eigenvalue weighted by molar-refractivity contribution is -0.387. The molecule has 0 bridgehead atoms. The van der Waals surface area contributed by atoms with Crippen LogP contribution in [0.3, 0.4) is 0 Å². The lowest BCUT2D eigenvalue weighted by Crippen LogP contribution is -2.27. The van der Waals surface area contributed by atoms with Crippen molar-refractivity contribution in [2.45, 2.75) is 135 Å². The van der Waals surface area contributed by atoms with E-state index in [2.05, 4.69) is 81.2 Å². The number of nitro benzene ring substituents is 2. The SMILES string of the molecule is C1CNCCOC1.CC#N.CC(=O)c1ccc(N)c(N2CCCOCC2)c1.CC(=O)c1ccc([N+](=O)[O-])c(F)c1.CC(=O)c1ccc([N+](=O)[O-])c(N2CCCOCC2)c1.CC(=O)c1ccc2nc3n(c2c1)CCOCC3.CC(=O)c1ccc2nc3n(c2c1)CCOCC3Br.CCN(CC)CC.Cl.ClC(Cl)(Cl)Cl.N#Cc1ccc(COc2cccc(C3CCNCC3)n2)c(F)c1. The number of benzene rings is 6. The van der Waals surface area contributed by atoms with E-state index in [9.17, 15) is 53.0 Å². The first kappa shape index (κ1) is 111. The second-order valence-corrected chi connectivity index (χ2v) is 34.1. The van der Waals surface area contributed by atoms with Crippen LogP contribution < -0.4 is 30.9 Å². The van der Waals surface area contributed by atoms with E-state index in [-0.39, 0.29) is 64.0 Å². The molecule has 4 N–H and O–H groups in total. The number of nitrogens with two attached hydrogens (primary N) is 1. The number of alkyl halides is 5. The van der Waals surface area contributed by atoms with Crippen molar-refractivity contribution in [2.24, 2.45) is 0 Å². The van der Waals surface area contributed by atoms with Gasteiger partial charge in [0.05, 0.1) is 112 Å². The molecule has 3 aromatic heterocycles. The van der Waals surface area contributed by atoms with Crippen molar-refractivity contribution in [2.75, 3.05) is 154 Å². The standard InChI is InChI=1S/C18H18FN3O.C13H13BrN2O2.C13H16N2O4.C13H14N2O2.C13H18N2O2.C8H6FNO3.C6H15N.C5H11NO.C2H3N.CCl4.ClH/c19-16-10-13(11-20)4-5-15(16)12-23-18-3-1-2-17(22-18)14-6-8-21-9-7-14;1-8(17)9-2-3-11-12(6-9)16-4-5-18-7-10(14)13(16)15-11;1-10(16)11-3-4-12(15(17)18)13(9-11)14-5-2-7-19-8-6-14;1-9(16)10-2-3-11-12(8-10)15-5-7-17-6-4-13(15)14-11;1-10(16)11-3-4-12(14)13(9-11)15-5-2-7-17-8-6-15;1-5(11)6-2-3-8(10(12)13)7(9)4-6;1-4-7(5-2)6-3;1-2-6-3-5-7-4-1;1-2-3;2-1(3,4)5;/h1-5,10,14,21H,6-9,12H2;2-3,6,10H,4-5,7H2,1H3;3-4,9H,2,5-8H2,1H3;2-3,8H,4-7H2,1H3;3-4,9H,2,5-8,14H2,1H3;2-4H,1H3;4-6H2,1-3H3;6H,1-5H2;1H3;;1H. The zero-order chi connectivity index (χ0) is 94.5. The predicted octanol–water partition coefficient (Wildman–Crippen LogP) is 18.2. The fourth-order valence-corrected chi connectivity index (χ4v) is 14.2. The molecule has 1 unspecified atom stereocenters. The number of ether oxygens (including phenoxy) is 6. The van der Waals surface area contributed by atoms with Gasteiger partial charge in [-0.05, 0) is 203 Å². The van der Waals surface area contributed by atoms with Gasteiger partial charge < -0.3 is 68.6 Å². The Morgan fingerprint density at radius 3 is 1.59 bits per heavy atom. The van der Waals surface area contributed by atoms with E-state index in [0.717, 1.165) is 185 Å². The lowest BCUT2D eigenvalue weighted by Gasteiger charge is -2.24. The van der Waals surface area contributed by atoms with Crippen molar-refractivity contribution in [3.8, 4) is 18.0 Å². The Hall–Kier alpha value is -9.79. The van der Waals surface area contributed by atoms with Gasteiger partial charge in [-0.2, -0.15) is 14.9 Å². The number of pyridine rings is 1. The van der Waals surface area contributed by atoms with Gasteiger partial charge >= 0.3 is 5.69 Å². The molecule has 704 valence electrons. The highest BCUT2D eigenvalue weighted by molar-refractivity contribution is 9.09. The number of ketones is 5. The summed E-state index contributed by atoms with van der Waals surface area (Å²) in [4.78, 5) is 96.7. The Morgan fingerprint density at radius 1 is 0.569 bits per heavy atom. The van der Waals surface area contributed by atoms with Crippen LogP contribution in [0.25, 0.3) is 22.1 Å². The average molecular weight is 1970 g/mol. The number of carbonyl (C=O) groups is 5. The molecule has 6 aromatic carbocycles. The number of nitrogen functional groups attached to an aromatic ring is 1. The first-order valence-electron chi connectivity index (χ1n) is 42.4. The molecular formula is C92H115BrCl5F2N15O15. The topological polar surface area (TPSA) is 383 Å². The maximum Gasteiger partial charge on any atom is 0.304 e. The van der Waals surface area contributed by atoms with Crippen molar-refractivity contribution in [3.05, 3.63) is 216 Å². The van der Waals surface area contributed by atoms with Gasteiger partial charge in [-0.1, -0.05) is 95.2 Å². The second kappa shape index (κ2) is 58.9. The van der Waals surface area contributed by atoms with Crippen LogP contribution in [0.15, 0.2) is 127 Å². The maximum absolute atomic E-state index is 13.9. The minimum absolute atomic E-state index is 0. The molecule has 0 aliphatic carbocycles. The number of hydrogen-bond donors (Lipinski definition) is 3. The van der Waals surface area contributed by atoms with Gasteiger partial charge in [-0.3, -0.25) is 44.2 Å². The monoisotopic (exact) mass is 1960 g/mol. The number of hydrogen-bond acceptors (Lipinski definition) is 26. The molecule has 6 aliphatic heterocycles. The Bertz CT molecular complexity index is 5190. The van der Waals surface area contributed by atoms with Crippen molar-refractivity contribution < 1.29 is 71.0 Å². The Balaban J connectivity index is 0.000000265. The summed E-state index contributed by atoms with van der Waals surface area (Å²) in [6, 6.07) is 38.1. The molecule has 0 spiro atoms. The molecule has 0 saturated carbocycles. The molecule has 4 saturated heterocycles. The van der Waals surface area contributed by atoms with Gasteiger partial charge in [0, 0.05) is 142 Å². The molecule has 9 aromatic rings. The highest BCUT2D eigenvalue weighted by atomic mass is 79.9. The summed E-state index contributed by atoms with van der Waals surface area (Å²) in [7, 11) is 0. The van der Waals surface area contributed by atoms with Gasteiger partial charge in [0.1, 0.15) is 29.8 Å². The zero-order valence-corrected chi connectivity index (χ0v) is 80.0. The van der Waals surface area contributed by atoms with E-state index in [4.69, 9.17) is 91.1 Å². The number of fused-ring (bicyclic) bond motifs is 6. The number of nitrogens with zero attached hydrogens (tertiary/aromatic N) is 12. The van der Waals surface area contributed by atoms with Crippen LogP contribution in [0, 0.1) is 54.5 Å². The quantitative estimate of drug-likeness (QED) is 0.0266. The molecule has 130 heavy (non-hydrogen) atoms. The second-order valence-electron chi connectivity index (χ2n) is 29.6. The van der Waals surface area contributed by atoms with Crippen LogP contribution in [-0.4, -0.2) is 209 Å². The van der Waals surface area contributed by atoms with Gasteiger partial charge in [-0.15, -0.1) is 12.4 Å². The number of piperidine rings is 1. The Kier molecular flexibility index (Phi) is 50.1. The van der Waals surface area contributed by atoms with Crippen LogP contribution in [0.2, 0.25) is 0 Å². The van der Waals surface area contributed by atoms with E-state index in [0.29, 0.717) is 92.5 Å². The number of Topliss-reactive ketones (excluding diaryl/α,β-unsaturated/α-hetero) is 5. The number of rotatable bonds is 16. The number of anilines is 3. The number of nitro groups is 2. The molecule has 6 aliphatic rings. The summed E-state index contributed by atoms with van der Waals surface area (Å²) in [6.07, 6.45) is 5.96. The fourth-order valence-electron chi connectivity index (χ4n) is 13.6. The first-order chi connectivity index (χ1) is 61.7. The van der Waals surface area contributed by atoms with Gasteiger partial charge in [0.2, 0.25) is 11.7 Å². The number of halogens is 8. The molecular weight excluding hydrogens is 1850 g/mol. The minimum Gasteiger partial charge on any atom is -0.473 e. The minimum atomic E-state index is -1.61. The maximum atomic E-state index is 13.9. The lowest BCUT2D eigenvalue weighted by atomic mass is 9.94. The average Bonchev–Trinajstić information content (AvgIpc) is 1.64. The fraction of sp³-hybridized carbons (Fsp3) is 0.457. The van der Waals surface area contributed by atoms with E-state index in [1.165, 1.54) is 71.1 Å². The van der Waals surface area contributed by atoms with Crippen molar-refractivity contribution in [3.63, 3.8) is 0 Å². The molecule has 38 heteroatoms. The van der Waals surface area contributed by atoms with Crippen molar-refractivity contribution in [1.29, 1.82) is 10.5 Å². The highest BCUT2D eigenvalue weighted by Gasteiger charge is 2.26. The molecule has 0 radical (unpaired) electrons. The number of nitrogens with one attached hydrogen (secondary N) is 2. The van der Waals surface area contributed by atoms with Crippen LogP contribution >= 0.6 is 74.7 Å². The third kappa shape index (κ3) is 37.8. The van der Waals surface area contributed by atoms with Gasteiger partial charge in [0.25, 0.3) is 8.94 Å². The molecule has 1 atom stereocenters. The van der Waals surface area contributed by atoms with E-state index in [1.807, 2.05) is 65.6 Å². The molecule has 9 heterocycles. The van der Waals surface area contributed by atoms with Crippen LogP contribution in [0.1, 0.15) is 185 Å². The van der Waals surface area contributed by atoms with Gasteiger partial charge in [-0.25, -0.2) is 19.3 Å². The van der Waals surface area contributed by atoms with Crippen LogP contribution in [-0.2, 0) is 49.8 Å². The number of aromatic nitrogens is 5. The van der Waals surface area contributed by atoms with E-state index >= 15 is 0 Å². The molecule has 0 amide bonds. The number of carbonyl (C=O) groups excluding carboxylic acids is 5. The van der Waals surface area contributed by atoms with Crippen LogP contribution in [0.4, 0.5) is 37.2 Å². The van der Waals surface area contributed by atoms with E-state index < -0.39 is 30.4 Å². The zero-order valence-electron chi connectivity index (χ0n) is 74.6. The third-order valence-corrected chi connectivity index (χ3v) is 21.2. The number of imidazole rings is 2. The Morgan fingerprint density at radius 2 is 1.05 bits per heavy atom. The van der Waals surface area contributed by atoms with E-state index in [1.54, 1.807) is 63.2 Å². The van der Waals surface area contributed by atoms with Crippen molar-refractivity contribution >= 4 is 154 Å². The summed E-state index contributed by atoms with van der Waals surface area (Å²) in [5, 5.41) is 43.9. The Labute approximate surface area is 791 Å². The number of nitriles is 2. The smallest absolute Gasteiger partial charge is 0.304 e. The summed E-state index contributed by atoms with van der Waals surface area (Å²) >= 11 is 22.9. The summed E-state index contributed by atoms with van der Waals surface area (Å²) in [5.74, 6) is 1.38. The summed E-state index contributed by atoms with van der Waals surface area (Å²) in [5.41, 5.74) is 16.0. The summed E-state index contributed by atoms with van der Waals surface area (Å²) < 4.78 is 61.9.